The smallest absolute Gasteiger partial charge is 0.0543 e. The van der Waals surface area contributed by atoms with Gasteiger partial charge in [0.2, 0.25) is 0 Å². The lowest BCUT2D eigenvalue weighted by Gasteiger charge is -2.61. The first-order valence-electron chi connectivity index (χ1n) is 13.8. The summed E-state index contributed by atoms with van der Waals surface area (Å²) in [7, 11) is 0. The number of aliphatic hydroxyl groups is 1. The lowest BCUT2D eigenvalue weighted by atomic mass is 9.44. The average molecular weight is 417 g/mol. The van der Waals surface area contributed by atoms with Crippen molar-refractivity contribution in [2.24, 2.45) is 64.1 Å². The molecule has 0 radical (unpaired) electrons. The first-order valence-corrected chi connectivity index (χ1v) is 13.8. The molecule has 1 heteroatoms. The minimum atomic E-state index is -0.0135. The molecule has 0 heterocycles. The second kappa shape index (κ2) is 8.39. The van der Waals surface area contributed by atoms with E-state index in [4.69, 9.17) is 0 Å². The zero-order chi connectivity index (χ0) is 21.8. The molecule has 4 rings (SSSR count). The lowest BCUT2D eigenvalue weighted by Crippen LogP contribution is -2.54. The summed E-state index contributed by atoms with van der Waals surface area (Å²) in [5.41, 5.74) is 1.12. The fourth-order valence-corrected chi connectivity index (χ4v) is 9.83. The lowest BCUT2D eigenvalue weighted by molar-refractivity contribution is -0.129. The van der Waals surface area contributed by atoms with Crippen LogP contribution in [0.4, 0.5) is 0 Å². The molecule has 4 fully saturated rings. The van der Waals surface area contributed by atoms with Crippen molar-refractivity contribution in [3.63, 3.8) is 0 Å². The van der Waals surface area contributed by atoms with Crippen LogP contribution in [0.2, 0.25) is 0 Å². The Morgan fingerprint density at radius 2 is 1.47 bits per heavy atom. The van der Waals surface area contributed by atoms with E-state index >= 15 is 0 Å². The van der Waals surface area contributed by atoms with E-state index in [9.17, 15) is 5.11 Å². The third-order valence-electron chi connectivity index (χ3n) is 12.1. The Labute approximate surface area is 188 Å². The molecule has 30 heavy (non-hydrogen) atoms. The summed E-state index contributed by atoms with van der Waals surface area (Å²) < 4.78 is 0. The molecule has 0 spiro atoms. The van der Waals surface area contributed by atoms with Crippen LogP contribution in [0.15, 0.2) is 0 Å². The van der Waals surface area contributed by atoms with Crippen LogP contribution in [-0.2, 0) is 0 Å². The molecule has 0 bridgehead atoms. The van der Waals surface area contributed by atoms with Crippen LogP contribution in [0.1, 0.15) is 113 Å². The van der Waals surface area contributed by atoms with Gasteiger partial charge in [-0.3, -0.25) is 0 Å². The molecule has 0 aliphatic heterocycles. The van der Waals surface area contributed by atoms with Crippen LogP contribution in [0.25, 0.3) is 0 Å². The van der Waals surface area contributed by atoms with Crippen LogP contribution >= 0.6 is 0 Å². The molecule has 0 aromatic carbocycles. The Morgan fingerprint density at radius 3 is 2.17 bits per heavy atom. The maximum atomic E-state index is 10.3. The van der Waals surface area contributed by atoms with Crippen molar-refractivity contribution in [2.45, 2.75) is 119 Å². The van der Waals surface area contributed by atoms with Crippen LogP contribution in [0, 0.1) is 64.1 Å². The van der Waals surface area contributed by atoms with E-state index in [2.05, 4.69) is 48.5 Å². The minimum absolute atomic E-state index is 0.0135. The first-order chi connectivity index (χ1) is 14.1. The monoisotopic (exact) mass is 416 g/mol. The summed E-state index contributed by atoms with van der Waals surface area (Å²) in [4.78, 5) is 0. The molecule has 4 aliphatic rings. The molecule has 0 saturated heterocycles. The van der Waals surface area contributed by atoms with Crippen LogP contribution in [0.5, 0.6) is 0 Å². The molecule has 0 aromatic heterocycles. The van der Waals surface area contributed by atoms with Gasteiger partial charge in [0.05, 0.1) is 6.10 Å². The summed E-state index contributed by atoms with van der Waals surface area (Å²) in [6.45, 7) is 17.8. The highest BCUT2D eigenvalue weighted by atomic mass is 16.3. The van der Waals surface area contributed by atoms with Gasteiger partial charge in [0.1, 0.15) is 0 Å². The number of rotatable bonds is 5. The van der Waals surface area contributed by atoms with Gasteiger partial charge in [0.25, 0.3) is 0 Å². The quantitative estimate of drug-likeness (QED) is 0.482. The van der Waals surface area contributed by atoms with E-state index in [1.165, 1.54) is 51.4 Å². The van der Waals surface area contributed by atoms with E-state index in [1.54, 1.807) is 0 Å². The summed E-state index contributed by atoms with van der Waals surface area (Å²) in [6, 6.07) is 0. The highest BCUT2D eigenvalue weighted by Gasteiger charge is 2.60. The van der Waals surface area contributed by atoms with Gasteiger partial charge in [-0.2, -0.15) is 0 Å². The van der Waals surface area contributed by atoms with E-state index in [1.807, 2.05) is 0 Å². The van der Waals surface area contributed by atoms with Crippen molar-refractivity contribution in [1.82, 2.24) is 0 Å². The van der Waals surface area contributed by atoms with Gasteiger partial charge >= 0.3 is 0 Å². The van der Waals surface area contributed by atoms with Gasteiger partial charge in [0, 0.05) is 0 Å². The maximum absolute atomic E-state index is 10.3. The van der Waals surface area contributed by atoms with Crippen LogP contribution in [-0.4, -0.2) is 11.2 Å². The summed E-state index contributed by atoms with van der Waals surface area (Å²) in [5, 5.41) is 10.3. The zero-order valence-corrected chi connectivity index (χ0v) is 21.3. The normalized spacial score (nSPS) is 49.1. The fraction of sp³-hybridized carbons (Fsp3) is 1.00. The number of fused-ring (bicyclic) bond motifs is 5. The Hall–Kier alpha value is -0.0400. The van der Waals surface area contributed by atoms with E-state index in [0.717, 1.165) is 66.1 Å². The zero-order valence-electron chi connectivity index (χ0n) is 21.3. The van der Waals surface area contributed by atoms with Gasteiger partial charge in [-0.1, -0.05) is 48.5 Å². The fourth-order valence-electron chi connectivity index (χ4n) is 9.83. The number of hydrogen-bond acceptors (Lipinski definition) is 1. The molecule has 11 atom stereocenters. The Balaban J connectivity index is 1.47. The highest BCUT2D eigenvalue weighted by molar-refractivity contribution is 5.09. The van der Waals surface area contributed by atoms with Gasteiger partial charge in [-0.15, -0.1) is 0 Å². The molecule has 4 saturated carbocycles. The van der Waals surface area contributed by atoms with E-state index < -0.39 is 0 Å². The van der Waals surface area contributed by atoms with Gasteiger partial charge in [-0.05, 0) is 128 Å². The molecule has 0 aromatic rings. The van der Waals surface area contributed by atoms with E-state index in [0.29, 0.717) is 10.8 Å². The number of hydrogen-bond donors (Lipinski definition) is 1. The van der Waals surface area contributed by atoms with Crippen molar-refractivity contribution in [3.8, 4) is 0 Å². The molecule has 4 aliphatic carbocycles. The van der Waals surface area contributed by atoms with Gasteiger partial charge < -0.3 is 5.11 Å². The second-order valence-corrected chi connectivity index (χ2v) is 13.6. The van der Waals surface area contributed by atoms with Crippen molar-refractivity contribution >= 4 is 0 Å². The topological polar surface area (TPSA) is 20.2 Å². The predicted octanol–water partition coefficient (Wildman–Crippen LogP) is 7.96. The molecular weight excluding hydrogens is 364 g/mol. The van der Waals surface area contributed by atoms with Crippen molar-refractivity contribution < 1.29 is 5.11 Å². The molecule has 0 amide bonds. The molecular formula is C29H52O. The Morgan fingerprint density at radius 1 is 0.800 bits per heavy atom. The standard InChI is InChI=1S/C29H52O/c1-18(2)21(5)19(3)16-20(4)25-10-11-26-24-9-8-22-17-23(30)12-14-28(22,6)27(24)13-15-29(25,26)7/h18-27,30H,8-17H2,1-7H3/t19?,20-,21?,22-,23+,24?,25?,26?,27?,28+,29-/m1/s1. The SMILES string of the molecule is CC(C)C(C)C(C)C[C@@H](C)C1CCC2C3CC[C@@H]4C[C@@H](O)CC[C@]4(C)C3CC[C@@]21C. The summed E-state index contributed by atoms with van der Waals surface area (Å²) >= 11 is 0. The van der Waals surface area contributed by atoms with Crippen LogP contribution < -0.4 is 0 Å². The first kappa shape index (κ1) is 23.1. The molecule has 1 N–H and O–H groups in total. The van der Waals surface area contributed by atoms with E-state index in [-0.39, 0.29) is 6.10 Å². The Kier molecular flexibility index (Phi) is 6.47. The predicted molar refractivity (Wildman–Crippen MR) is 128 cm³/mol. The second-order valence-electron chi connectivity index (χ2n) is 13.6. The molecule has 174 valence electrons. The summed E-state index contributed by atoms with van der Waals surface area (Å²) in [6.07, 6.45) is 13.7. The van der Waals surface area contributed by atoms with Crippen molar-refractivity contribution in [1.29, 1.82) is 0 Å². The highest BCUT2D eigenvalue weighted by Crippen LogP contribution is 2.68. The largest absolute Gasteiger partial charge is 0.393 e. The Bertz CT molecular complexity index is 597. The van der Waals surface area contributed by atoms with Crippen molar-refractivity contribution in [2.75, 3.05) is 0 Å². The third kappa shape index (κ3) is 3.72. The number of aliphatic hydroxyl groups excluding tert-OH is 1. The third-order valence-corrected chi connectivity index (χ3v) is 12.1. The van der Waals surface area contributed by atoms with Crippen LogP contribution in [0.3, 0.4) is 0 Å². The minimum Gasteiger partial charge on any atom is -0.393 e. The average Bonchev–Trinajstić information content (AvgIpc) is 3.05. The van der Waals surface area contributed by atoms with Crippen molar-refractivity contribution in [3.05, 3.63) is 0 Å². The molecule has 1 nitrogen and oxygen atoms in total. The maximum Gasteiger partial charge on any atom is 0.0543 e. The van der Waals surface area contributed by atoms with Gasteiger partial charge in [0.15, 0.2) is 0 Å². The van der Waals surface area contributed by atoms with Gasteiger partial charge in [-0.25, -0.2) is 0 Å². The summed E-state index contributed by atoms with van der Waals surface area (Å²) in [5.74, 6) is 8.01. The molecule has 6 unspecified atom stereocenters.